The van der Waals surface area contributed by atoms with Crippen molar-refractivity contribution >= 4 is 5.91 Å². The highest BCUT2D eigenvalue weighted by atomic mass is 16.3. The molecule has 0 radical (unpaired) electrons. The number of rotatable bonds is 1. The Bertz CT molecular complexity index is 493. The van der Waals surface area contributed by atoms with Crippen LogP contribution in [0, 0.1) is 0 Å². The molecule has 2 aliphatic rings. The number of aliphatic hydroxyl groups is 2. The quantitative estimate of drug-likeness (QED) is 0.638. The van der Waals surface area contributed by atoms with Crippen LogP contribution in [0.5, 0.6) is 0 Å². The summed E-state index contributed by atoms with van der Waals surface area (Å²) in [6.45, 7) is 2.18. The summed E-state index contributed by atoms with van der Waals surface area (Å²) in [5.41, 5.74) is 3.08. The first-order chi connectivity index (χ1) is 9.15. The number of carbonyl (C=O) groups is 1. The Morgan fingerprint density at radius 2 is 1.95 bits per heavy atom. The number of nitrogens with zero attached hydrogens (tertiary/aromatic N) is 1. The van der Waals surface area contributed by atoms with E-state index in [1.54, 1.807) is 0 Å². The van der Waals surface area contributed by atoms with Crippen LogP contribution in [0.1, 0.15) is 21.5 Å². The van der Waals surface area contributed by atoms with Crippen molar-refractivity contribution in [2.75, 3.05) is 19.6 Å². The van der Waals surface area contributed by atoms with E-state index in [9.17, 15) is 15.0 Å². The van der Waals surface area contributed by atoms with Gasteiger partial charge in [0.25, 0.3) is 5.91 Å². The second-order valence-electron chi connectivity index (χ2n) is 5.26. The van der Waals surface area contributed by atoms with E-state index in [2.05, 4.69) is 5.32 Å². The van der Waals surface area contributed by atoms with Crippen LogP contribution in [0.3, 0.4) is 0 Å². The van der Waals surface area contributed by atoms with Gasteiger partial charge >= 0.3 is 0 Å². The topological polar surface area (TPSA) is 72.8 Å². The van der Waals surface area contributed by atoms with Crippen LogP contribution in [0.4, 0.5) is 0 Å². The first-order valence-electron chi connectivity index (χ1n) is 6.63. The fourth-order valence-corrected chi connectivity index (χ4v) is 2.73. The maximum Gasteiger partial charge on any atom is 0.254 e. The fourth-order valence-electron chi connectivity index (χ4n) is 2.73. The summed E-state index contributed by atoms with van der Waals surface area (Å²) in [7, 11) is 0. The summed E-state index contributed by atoms with van der Waals surface area (Å²) in [5, 5.41) is 22.3. The minimum Gasteiger partial charge on any atom is -0.388 e. The lowest BCUT2D eigenvalue weighted by atomic mass is 9.98. The number of amides is 1. The summed E-state index contributed by atoms with van der Waals surface area (Å²) in [4.78, 5) is 13.8. The average molecular weight is 262 g/mol. The highest BCUT2D eigenvalue weighted by molar-refractivity contribution is 5.94. The maximum atomic E-state index is 12.3. The molecule has 1 aromatic carbocycles. The second kappa shape index (κ2) is 4.92. The van der Waals surface area contributed by atoms with Gasteiger partial charge in [-0.05, 0) is 36.2 Å². The van der Waals surface area contributed by atoms with Crippen molar-refractivity contribution in [3.05, 3.63) is 34.9 Å². The molecule has 0 saturated carbocycles. The van der Waals surface area contributed by atoms with Gasteiger partial charge in [0.15, 0.2) is 0 Å². The summed E-state index contributed by atoms with van der Waals surface area (Å²) in [5.74, 6) is -0.121. The molecule has 0 bridgehead atoms. The fraction of sp³-hybridized carbons (Fsp3) is 0.500. The molecule has 5 heteroatoms. The van der Waals surface area contributed by atoms with E-state index in [0.717, 1.165) is 25.1 Å². The predicted molar refractivity (Wildman–Crippen MR) is 69.8 cm³/mol. The number of hydrogen-bond donors (Lipinski definition) is 3. The number of hydrogen-bond acceptors (Lipinski definition) is 4. The average Bonchev–Trinajstić information content (AvgIpc) is 2.77. The van der Waals surface area contributed by atoms with Crippen molar-refractivity contribution in [2.24, 2.45) is 0 Å². The van der Waals surface area contributed by atoms with E-state index < -0.39 is 12.2 Å². The van der Waals surface area contributed by atoms with Crippen molar-refractivity contribution in [2.45, 2.75) is 25.2 Å². The van der Waals surface area contributed by atoms with Gasteiger partial charge in [0, 0.05) is 25.2 Å². The smallest absolute Gasteiger partial charge is 0.254 e. The van der Waals surface area contributed by atoms with E-state index in [1.165, 1.54) is 10.5 Å². The second-order valence-corrected chi connectivity index (χ2v) is 5.26. The van der Waals surface area contributed by atoms with Crippen LogP contribution in [-0.4, -0.2) is 52.9 Å². The molecule has 19 heavy (non-hydrogen) atoms. The third kappa shape index (κ3) is 2.36. The number of β-amino-alcohol motifs (C(OH)–C–C–N with tert-alkyl or cyclic N) is 2. The largest absolute Gasteiger partial charge is 0.388 e. The number of carbonyl (C=O) groups excluding carboxylic acids is 1. The van der Waals surface area contributed by atoms with Crippen molar-refractivity contribution in [1.29, 1.82) is 0 Å². The zero-order chi connectivity index (χ0) is 13.4. The molecule has 1 saturated heterocycles. The molecule has 2 atom stereocenters. The highest BCUT2D eigenvalue weighted by Gasteiger charge is 2.33. The lowest BCUT2D eigenvalue weighted by Crippen LogP contribution is -2.30. The van der Waals surface area contributed by atoms with Gasteiger partial charge in [0.05, 0.1) is 12.2 Å². The first kappa shape index (κ1) is 12.6. The number of benzene rings is 1. The Labute approximate surface area is 111 Å². The summed E-state index contributed by atoms with van der Waals surface area (Å²) in [6, 6.07) is 5.76. The van der Waals surface area contributed by atoms with Crippen molar-refractivity contribution in [1.82, 2.24) is 10.2 Å². The SMILES string of the molecule is O=C(c1ccc2c(c1)CNCC2)N1C[C@@H](O)[C@@H](O)C1. The molecule has 0 spiro atoms. The Balaban J connectivity index is 1.80. The van der Waals surface area contributed by atoms with E-state index in [1.807, 2.05) is 18.2 Å². The van der Waals surface area contributed by atoms with Gasteiger partial charge in [-0.25, -0.2) is 0 Å². The van der Waals surface area contributed by atoms with Crippen LogP contribution >= 0.6 is 0 Å². The molecule has 1 amide bonds. The summed E-state index contributed by atoms with van der Waals surface area (Å²) < 4.78 is 0. The summed E-state index contributed by atoms with van der Waals surface area (Å²) >= 11 is 0. The molecule has 1 aromatic rings. The predicted octanol–water partition coefficient (Wildman–Crippen LogP) is -0.490. The van der Waals surface area contributed by atoms with Gasteiger partial charge in [-0.2, -0.15) is 0 Å². The van der Waals surface area contributed by atoms with Gasteiger partial charge in [0.1, 0.15) is 0 Å². The third-order valence-electron chi connectivity index (χ3n) is 3.89. The number of fused-ring (bicyclic) bond motifs is 1. The monoisotopic (exact) mass is 262 g/mol. The lowest BCUT2D eigenvalue weighted by molar-refractivity contribution is 0.0572. The van der Waals surface area contributed by atoms with Crippen LogP contribution < -0.4 is 5.32 Å². The molecule has 102 valence electrons. The number of aliphatic hydroxyl groups excluding tert-OH is 2. The Kier molecular flexibility index (Phi) is 3.26. The minimum atomic E-state index is -0.830. The molecule has 3 N–H and O–H groups in total. The van der Waals surface area contributed by atoms with Gasteiger partial charge in [-0.1, -0.05) is 6.07 Å². The molecule has 0 unspecified atom stereocenters. The van der Waals surface area contributed by atoms with Crippen molar-refractivity contribution in [3.63, 3.8) is 0 Å². The Hall–Kier alpha value is -1.43. The van der Waals surface area contributed by atoms with Crippen LogP contribution in [0.15, 0.2) is 18.2 Å². The Morgan fingerprint density at radius 3 is 2.68 bits per heavy atom. The van der Waals surface area contributed by atoms with Crippen molar-refractivity contribution in [3.8, 4) is 0 Å². The molecule has 0 aliphatic carbocycles. The summed E-state index contributed by atoms with van der Waals surface area (Å²) in [6.07, 6.45) is -0.670. The number of nitrogens with one attached hydrogen (secondary N) is 1. The lowest BCUT2D eigenvalue weighted by Gasteiger charge is -2.20. The Morgan fingerprint density at radius 1 is 1.21 bits per heavy atom. The highest BCUT2D eigenvalue weighted by Crippen LogP contribution is 2.19. The molecular weight excluding hydrogens is 244 g/mol. The van der Waals surface area contributed by atoms with Crippen molar-refractivity contribution < 1.29 is 15.0 Å². The molecule has 2 aliphatic heterocycles. The molecule has 5 nitrogen and oxygen atoms in total. The molecular formula is C14H18N2O3. The molecule has 2 heterocycles. The zero-order valence-electron chi connectivity index (χ0n) is 10.7. The third-order valence-corrected chi connectivity index (χ3v) is 3.89. The standard InChI is InChI=1S/C14H18N2O3/c17-12-7-16(8-13(12)18)14(19)10-2-1-9-3-4-15-6-11(9)5-10/h1-2,5,12-13,15,17-18H,3-4,6-8H2/t12-,13+. The number of likely N-dealkylation sites (tertiary alicyclic amines) is 1. The van der Waals surface area contributed by atoms with Gasteiger partial charge < -0.3 is 20.4 Å². The van der Waals surface area contributed by atoms with Gasteiger partial charge in [-0.3, -0.25) is 4.79 Å². The first-order valence-corrected chi connectivity index (χ1v) is 6.63. The van der Waals surface area contributed by atoms with E-state index >= 15 is 0 Å². The van der Waals surface area contributed by atoms with E-state index in [0.29, 0.717) is 5.56 Å². The zero-order valence-corrected chi connectivity index (χ0v) is 10.7. The maximum absolute atomic E-state index is 12.3. The van der Waals surface area contributed by atoms with Gasteiger partial charge in [-0.15, -0.1) is 0 Å². The normalized spacial score (nSPS) is 26.3. The van der Waals surface area contributed by atoms with Gasteiger partial charge in [0.2, 0.25) is 0 Å². The van der Waals surface area contributed by atoms with Crippen LogP contribution in [0.25, 0.3) is 0 Å². The molecule has 0 aromatic heterocycles. The van der Waals surface area contributed by atoms with Crippen LogP contribution in [0.2, 0.25) is 0 Å². The minimum absolute atomic E-state index is 0.121. The van der Waals surface area contributed by atoms with E-state index in [-0.39, 0.29) is 19.0 Å². The molecule has 3 rings (SSSR count). The molecule has 1 fully saturated rings. The van der Waals surface area contributed by atoms with Crippen LogP contribution in [-0.2, 0) is 13.0 Å². The van der Waals surface area contributed by atoms with E-state index in [4.69, 9.17) is 0 Å².